The lowest BCUT2D eigenvalue weighted by atomic mass is 10.2. The van der Waals surface area contributed by atoms with Crippen molar-refractivity contribution < 1.29 is 9.21 Å². The second kappa shape index (κ2) is 10.4. The van der Waals surface area contributed by atoms with Gasteiger partial charge in [-0.2, -0.15) is 0 Å². The minimum atomic E-state index is -0.106. The Bertz CT molecular complexity index is 1220. The van der Waals surface area contributed by atoms with Crippen molar-refractivity contribution in [2.75, 3.05) is 11.1 Å². The Kier molecular flexibility index (Phi) is 7.14. The minimum Gasteiger partial charge on any atom is -0.469 e. The predicted octanol–water partition coefficient (Wildman–Crippen LogP) is 5.91. The number of para-hydroxylation sites is 1. The Hall–Kier alpha value is -3.23. The van der Waals surface area contributed by atoms with Gasteiger partial charge in [-0.3, -0.25) is 9.36 Å². The molecule has 2 aromatic heterocycles. The number of hydrogen-bond donors (Lipinski definition) is 1. The first-order chi connectivity index (χ1) is 15.7. The van der Waals surface area contributed by atoms with Crippen molar-refractivity contribution in [2.45, 2.75) is 28.4 Å². The third kappa shape index (κ3) is 5.15. The molecule has 162 valence electrons. The largest absolute Gasteiger partial charge is 0.469 e. The molecule has 0 aliphatic carbocycles. The summed E-state index contributed by atoms with van der Waals surface area (Å²) in [6.45, 7) is 6.24. The van der Waals surface area contributed by atoms with E-state index in [0.717, 1.165) is 26.8 Å². The highest BCUT2D eigenvalue weighted by atomic mass is 32.2. The number of anilines is 1. The van der Waals surface area contributed by atoms with Crippen molar-refractivity contribution in [1.29, 1.82) is 0 Å². The van der Waals surface area contributed by atoms with Gasteiger partial charge < -0.3 is 9.73 Å². The Labute approximate surface area is 195 Å². The van der Waals surface area contributed by atoms with E-state index in [1.807, 2.05) is 72.2 Å². The van der Waals surface area contributed by atoms with E-state index in [2.05, 4.69) is 22.1 Å². The molecule has 0 fully saturated rings. The zero-order valence-corrected chi connectivity index (χ0v) is 19.2. The average molecular weight is 463 g/mol. The Morgan fingerprint density at radius 2 is 1.91 bits per heavy atom. The number of hydrogen-bond acceptors (Lipinski definition) is 6. The highest BCUT2D eigenvalue weighted by Gasteiger charge is 2.18. The van der Waals surface area contributed by atoms with Crippen LogP contribution in [0.25, 0.3) is 11.4 Å². The average Bonchev–Trinajstić information content (AvgIpc) is 3.40. The van der Waals surface area contributed by atoms with Crippen LogP contribution in [0, 0.1) is 6.92 Å². The number of nitrogens with zero attached hydrogens (tertiary/aromatic N) is 3. The molecule has 0 bridgehead atoms. The Morgan fingerprint density at radius 1 is 1.12 bits per heavy atom. The van der Waals surface area contributed by atoms with Crippen LogP contribution in [0.2, 0.25) is 0 Å². The molecule has 0 saturated carbocycles. The summed E-state index contributed by atoms with van der Waals surface area (Å²) in [5, 5.41) is 12.3. The van der Waals surface area contributed by atoms with Crippen molar-refractivity contribution in [3.05, 3.63) is 85.3 Å². The summed E-state index contributed by atoms with van der Waals surface area (Å²) >= 11 is 2.96. The van der Waals surface area contributed by atoms with Crippen LogP contribution < -0.4 is 5.32 Å². The first kappa shape index (κ1) is 22.0. The lowest BCUT2D eigenvalue weighted by Crippen LogP contribution is -2.15. The third-order valence-corrected chi connectivity index (χ3v) is 6.64. The second-order valence-corrected chi connectivity index (χ2v) is 8.90. The van der Waals surface area contributed by atoms with E-state index < -0.39 is 0 Å². The van der Waals surface area contributed by atoms with Crippen LogP contribution in [0.15, 0.2) is 98.9 Å². The number of allylic oxidation sites excluding steroid dienone is 1. The molecular formula is C24H22N4O2S2. The quantitative estimate of drug-likeness (QED) is 0.246. The Balaban J connectivity index is 1.45. The fraction of sp³-hybridized carbons (Fsp3) is 0.125. The minimum absolute atomic E-state index is 0.106. The molecule has 0 unspecified atom stereocenters. The van der Waals surface area contributed by atoms with E-state index in [9.17, 15) is 4.79 Å². The van der Waals surface area contributed by atoms with Crippen LogP contribution in [-0.4, -0.2) is 26.4 Å². The second-order valence-electron chi connectivity index (χ2n) is 6.84. The van der Waals surface area contributed by atoms with Gasteiger partial charge in [0.25, 0.3) is 0 Å². The maximum atomic E-state index is 12.7. The van der Waals surface area contributed by atoms with Crippen LogP contribution >= 0.6 is 23.5 Å². The van der Waals surface area contributed by atoms with Crippen molar-refractivity contribution in [3.63, 3.8) is 0 Å². The van der Waals surface area contributed by atoms with E-state index in [-0.39, 0.29) is 11.7 Å². The molecule has 32 heavy (non-hydrogen) atoms. The smallest absolute Gasteiger partial charge is 0.234 e. The topological polar surface area (TPSA) is 73.0 Å². The van der Waals surface area contributed by atoms with Crippen LogP contribution in [0.3, 0.4) is 0 Å². The Morgan fingerprint density at radius 3 is 2.66 bits per heavy atom. The maximum Gasteiger partial charge on any atom is 0.234 e. The predicted molar refractivity (Wildman–Crippen MR) is 129 cm³/mol. The molecule has 0 aliphatic rings. The van der Waals surface area contributed by atoms with E-state index >= 15 is 0 Å². The van der Waals surface area contributed by atoms with Gasteiger partial charge in [-0.1, -0.05) is 59.9 Å². The van der Waals surface area contributed by atoms with E-state index in [4.69, 9.17) is 4.42 Å². The summed E-state index contributed by atoms with van der Waals surface area (Å²) in [5.41, 5.74) is 1.66. The first-order valence-corrected chi connectivity index (χ1v) is 11.8. The molecule has 4 rings (SSSR count). The van der Waals surface area contributed by atoms with E-state index in [0.29, 0.717) is 17.5 Å². The summed E-state index contributed by atoms with van der Waals surface area (Å²) in [6.07, 6.45) is 3.41. The van der Waals surface area contributed by atoms with Gasteiger partial charge >= 0.3 is 0 Å². The zero-order valence-electron chi connectivity index (χ0n) is 17.5. The summed E-state index contributed by atoms with van der Waals surface area (Å²) < 4.78 is 7.33. The number of aromatic nitrogens is 3. The number of carbonyl (C=O) groups is 1. The van der Waals surface area contributed by atoms with Gasteiger partial charge in [0.15, 0.2) is 11.0 Å². The molecule has 1 amide bonds. The summed E-state index contributed by atoms with van der Waals surface area (Å²) in [7, 11) is 0. The number of nitrogens with one attached hydrogen (secondary N) is 1. The summed E-state index contributed by atoms with van der Waals surface area (Å²) in [5.74, 6) is 1.57. The molecule has 4 aromatic rings. The molecule has 0 saturated heterocycles. The SMILES string of the molecule is C=CCn1c(SCC(=O)Nc2ccccc2Sc2ccccc2)nnc1-c1ccoc1C. The van der Waals surface area contributed by atoms with Gasteiger partial charge in [-0.05, 0) is 37.3 Å². The normalized spacial score (nSPS) is 10.8. The van der Waals surface area contributed by atoms with Gasteiger partial charge in [0.1, 0.15) is 5.76 Å². The number of carbonyl (C=O) groups excluding carboxylic acids is 1. The lowest BCUT2D eigenvalue weighted by Gasteiger charge is -2.11. The fourth-order valence-electron chi connectivity index (χ4n) is 3.10. The van der Waals surface area contributed by atoms with E-state index in [1.54, 1.807) is 24.1 Å². The van der Waals surface area contributed by atoms with Crippen molar-refractivity contribution in [2.24, 2.45) is 0 Å². The number of furan rings is 1. The fourth-order valence-corrected chi connectivity index (χ4v) is 4.77. The lowest BCUT2D eigenvalue weighted by molar-refractivity contribution is -0.113. The third-order valence-electron chi connectivity index (χ3n) is 4.59. The van der Waals surface area contributed by atoms with Crippen LogP contribution in [0.1, 0.15) is 5.76 Å². The molecule has 0 aliphatic heterocycles. The maximum absolute atomic E-state index is 12.7. The molecule has 0 spiro atoms. The standard InChI is InChI=1S/C24H22N4O2S2/c1-3-14-28-23(19-13-15-30-17(19)2)26-27-24(28)31-16-22(29)25-20-11-7-8-12-21(20)32-18-9-5-4-6-10-18/h3-13,15H,1,14,16H2,2H3,(H,25,29). The molecule has 8 heteroatoms. The van der Waals surface area contributed by atoms with Gasteiger partial charge in [0.05, 0.1) is 23.3 Å². The van der Waals surface area contributed by atoms with Crippen molar-refractivity contribution >= 4 is 35.1 Å². The van der Waals surface area contributed by atoms with Crippen molar-refractivity contribution in [3.8, 4) is 11.4 Å². The zero-order chi connectivity index (χ0) is 22.3. The summed E-state index contributed by atoms with van der Waals surface area (Å²) in [6, 6.07) is 19.7. The van der Waals surface area contributed by atoms with Gasteiger partial charge in [0.2, 0.25) is 5.91 Å². The van der Waals surface area contributed by atoms with Crippen LogP contribution in [0.4, 0.5) is 5.69 Å². The van der Waals surface area contributed by atoms with Gasteiger partial charge in [-0.15, -0.1) is 16.8 Å². The number of rotatable bonds is 9. The molecule has 6 nitrogen and oxygen atoms in total. The number of aryl methyl sites for hydroxylation is 1. The molecule has 1 N–H and O–H groups in total. The summed E-state index contributed by atoms with van der Waals surface area (Å²) in [4.78, 5) is 14.8. The molecule has 0 radical (unpaired) electrons. The van der Waals surface area contributed by atoms with Gasteiger partial charge in [0, 0.05) is 16.3 Å². The molecule has 2 heterocycles. The number of thioether (sulfide) groups is 1. The molecular weight excluding hydrogens is 440 g/mol. The van der Waals surface area contributed by atoms with Crippen LogP contribution in [0.5, 0.6) is 0 Å². The van der Waals surface area contributed by atoms with Crippen LogP contribution in [-0.2, 0) is 11.3 Å². The van der Waals surface area contributed by atoms with Crippen molar-refractivity contribution in [1.82, 2.24) is 14.8 Å². The molecule has 0 atom stereocenters. The molecule has 2 aromatic carbocycles. The van der Waals surface area contributed by atoms with Gasteiger partial charge in [-0.25, -0.2) is 0 Å². The monoisotopic (exact) mass is 462 g/mol. The first-order valence-electron chi connectivity index (χ1n) is 9.99. The number of amides is 1. The van der Waals surface area contributed by atoms with E-state index in [1.165, 1.54) is 11.8 Å². The number of benzene rings is 2. The highest BCUT2D eigenvalue weighted by Crippen LogP contribution is 2.33. The highest BCUT2D eigenvalue weighted by molar-refractivity contribution is 8.00.